The fraction of sp³-hybridized carbons (Fsp3) is 0.296. The van der Waals surface area contributed by atoms with Gasteiger partial charge in [-0.05, 0) is 61.7 Å². The molecule has 0 atom stereocenters. The zero-order valence-corrected chi connectivity index (χ0v) is 20.5. The third-order valence-electron chi connectivity index (χ3n) is 6.19. The topological polar surface area (TPSA) is 60.9 Å². The first-order valence-electron chi connectivity index (χ1n) is 11.7. The number of rotatable bonds is 8. The molecule has 1 saturated heterocycles. The van der Waals surface area contributed by atoms with E-state index in [0.717, 1.165) is 24.3 Å². The van der Waals surface area contributed by atoms with E-state index in [1.165, 1.54) is 23.2 Å². The van der Waals surface area contributed by atoms with Gasteiger partial charge < -0.3 is 9.80 Å². The summed E-state index contributed by atoms with van der Waals surface area (Å²) in [6, 6.07) is 23.5. The minimum atomic E-state index is -3.81. The number of carbonyl (C=O) groups is 1. The van der Waals surface area contributed by atoms with Crippen molar-refractivity contribution in [2.75, 3.05) is 35.9 Å². The number of nitrogens with zero attached hydrogens (tertiary/aromatic N) is 3. The van der Waals surface area contributed by atoms with Gasteiger partial charge in [0.2, 0.25) is 0 Å². The fourth-order valence-corrected chi connectivity index (χ4v) is 5.98. The monoisotopic (exact) mass is 477 g/mol. The van der Waals surface area contributed by atoms with Gasteiger partial charge in [-0.2, -0.15) is 0 Å². The zero-order valence-electron chi connectivity index (χ0n) is 19.7. The van der Waals surface area contributed by atoms with Crippen molar-refractivity contribution in [2.24, 2.45) is 0 Å². The van der Waals surface area contributed by atoms with E-state index in [-0.39, 0.29) is 17.3 Å². The average molecular weight is 478 g/mol. The van der Waals surface area contributed by atoms with E-state index in [9.17, 15) is 13.2 Å². The van der Waals surface area contributed by atoms with Crippen LogP contribution in [0.4, 0.5) is 11.4 Å². The molecule has 0 radical (unpaired) electrons. The van der Waals surface area contributed by atoms with Crippen LogP contribution in [0.3, 0.4) is 0 Å². The Morgan fingerprint density at radius 3 is 2.29 bits per heavy atom. The first-order chi connectivity index (χ1) is 16.4. The summed E-state index contributed by atoms with van der Waals surface area (Å²) in [6.45, 7) is 4.60. The molecule has 1 aliphatic rings. The molecular formula is C27H31N3O3S. The molecule has 0 unspecified atom stereocenters. The van der Waals surface area contributed by atoms with E-state index in [1.807, 2.05) is 30.3 Å². The maximum Gasteiger partial charge on any atom is 0.264 e. The van der Waals surface area contributed by atoms with Gasteiger partial charge in [0.15, 0.2) is 0 Å². The molecule has 1 amide bonds. The van der Waals surface area contributed by atoms with E-state index < -0.39 is 10.0 Å². The molecule has 1 heterocycles. The van der Waals surface area contributed by atoms with Crippen LogP contribution >= 0.6 is 0 Å². The van der Waals surface area contributed by atoms with Gasteiger partial charge in [-0.25, -0.2) is 8.42 Å². The van der Waals surface area contributed by atoms with E-state index in [2.05, 4.69) is 17.0 Å². The Balaban J connectivity index is 1.56. The van der Waals surface area contributed by atoms with Gasteiger partial charge in [0.05, 0.1) is 10.6 Å². The number of anilines is 2. The lowest BCUT2D eigenvalue weighted by Crippen LogP contribution is -2.31. The van der Waals surface area contributed by atoms with Gasteiger partial charge in [0, 0.05) is 44.5 Å². The van der Waals surface area contributed by atoms with Crippen molar-refractivity contribution in [3.8, 4) is 0 Å². The number of benzene rings is 3. The number of hydrogen-bond acceptors (Lipinski definition) is 4. The largest absolute Gasteiger partial charge is 0.371 e. The highest BCUT2D eigenvalue weighted by atomic mass is 32.2. The maximum atomic E-state index is 13.4. The van der Waals surface area contributed by atoms with Crippen LogP contribution in [-0.4, -0.2) is 45.9 Å². The molecule has 1 aliphatic heterocycles. The molecule has 34 heavy (non-hydrogen) atoms. The predicted octanol–water partition coefficient (Wildman–Crippen LogP) is 4.77. The Labute approximate surface area is 202 Å². The number of hydrogen-bond donors (Lipinski definition) is 0. The van der Waals surface area contributed by atoms with Crippen LogP contribution in [0, 0.1) is 0 Å². The smallest absolute Gasteiger partial charge is 0.264 e. The van der Waals surface area contributed by atoms with E-state index in [0.29, 0.717) is 17.8 Å². The molecule has 178 valence electrons. The number of para-hydroxylation sites is 2. The third kappa shape index (κ3) is 4.94. The summed E-state index contributed by atoms with van der Waals surface area (Å²) < 4.78 is 28.1. The zero-order chi connectivity index (χ0) is 24.1. The molecule has 3 aromatic rings. The van der Waals surface area contributed by atoms with Gasteiger partial charge in [-0.15, -0.1) is 0 Å². The van der Waals surface area contributed by atoms with E-state index >= 15 is 0 Å². The minimum Gasteiger partial charge on any atom is -0.371 e. The Kier molecular flexibility index (Phi) is 7.22. The average Bonchev–Trinajstić information content (AvgIpc) is 3.40. The van der Waals surface area contributed by atoms with Gasteiger partial charge >= 0.3 is 0 Å². The van der Waals surface area contributed by atoms with Gasteiger partial charge in [0.25, 0.3) is 15.9 Å². The quantitative estimate of drug-likeness (QED) is 0.469. The first kappa shape index (κ1) is 23.8. The Morgan fingerprint density at radius 1 is 0.912 bits per heavy atom. The second-order valence-electron chi connectivity index (χ2n) is 8.52. The molecular weight excluding hydrogens is 446 g/mol. The molecule has 0 saturated carbocycles. The number of sulfonamides is 1. The van der Waals surface area contributed by atoms with Crippen molar-refractivity contribution in [1.29, 1.82) is 0 Å². The highest BCUT2D eigenvalue weighted by molar-refractivity contribution is 7.92. The van der Waals surface area contributed by atoms with Crippen molar-refractivity contribution in [2.45, 2.75) is 31.2 Å². The molecule has 4 rings (SSSR count). The molecule has 0 N–H and O–H groups in total. The van der Waals surface area contributed by atoms with Gasteiger partial charge in [0.1, 0.15) is 0 Å². The molecule has 0 spiro atoms. The van der Waals surface area contributed by atoms with Gasteiger partial charge in [-0.3, -0.25) is 9.10 Å². The molecule has 0 aromatic heterocycles. The highest BCUT2D eigenvalue weighted by Crippen LogP contribution is 2.27. The summed E-state index contributed by atoms with van der Waals surface area (Å²) in [4.78, 5) is 17.4. The Hall–Kier alpha value is -3.32. The standard InChI is InChI=1S/C27H31N3O3S/c1-3-30(24-14-5-4-6-15-24)34(32,33)25-16-11-13-22(20-25)27(31)28(2)21-23-12-7-8-17-26(23)29-18-9-10-19-29/h4-8,11-17,20H,3,9-10,18-19,21H2,1-2H3. The molecule has 0 aliphatic carbocycles. The molecule has 0 bridgehead atoms. The van der Waals surface area contributed by atoms with Crippen molar-refractivity contribution in [1.82, 2.24) is 4.90 Å². The van der Waals surface area contributed by atoms with Crippen LogP contribution in [-0.2, 0) is 16.6 Å². The summed E-state index contributed by atoms with van der Waals surface area (Å²) >= 11 is 0. The van der Waals surface area contributed by atoms with Crippen molar-refractivity contribution in [3.63, 3.8) is 0 Å². The summed E-state index contributed by atoms with van der Waals surface area (Å²) in [6.07, 6.45) is 2.37. The summed E-state index contributed by atoms with van der Waals surface area (Å²) in [5.74, 6) is -0.212. The molecule has 3 aromatic carbocycles. The summed E-state index contributed by atoms with van der Waals surface area (Å²) in [7, 11) is -2.05. The van der Waals surface area contributed by atoms with Gasteiger partial charge in [-0.1, -0.05) is 42.5 Å². The highest BCUT2D eigenvalue weighted by Gasteiger charge is 2.25. The molecule has 1 fully saturated rings. The first-order valence-corrected chi connectivity index (χ1v) is 13.1. The van der Waals surface area contributed by atoms with Crippen LogP contribution in [0.5, 0.6) is 0 Å². The lowest BCUT2D eigenvalue weighted by molar-refractivity contribution is 0.0785. The van der Waals surface area contributed by atoms with Crippen LogP contribution in [0.2, 0.25) is 0 Å². The van der Waals surface area contributed by atoms with Crippen molar-refractivity contribution in [3.05, 3.63) is 90.0 Å². The van der Waals surface area contributed by atoms with Crippen LogP contribution < -0.4 is 9.21 Å². The van der Waals surface area contributed by atoms with E-state index in [1.54, 1.807) is 49.2 Å². The minimum absolute atomic E-state index is 0.106. The SMILES string of the molecule is CCN(c1ccccc1)S(=O)(=O)c1cccc(C(=O)N(C)Cc2ccccc2N2CCCC2)c1. The molecule has 7 heteroatoms. The lowest BCUT2D eigenvalue weighted by Gasteiger charge is -2.25. The third-order valence-corrected chi connectivity index (χ3v) is 8.09. The van der Waals surface area contributed by atoms with E-state index in [4.69, 9.17) is 0 Å². The lowest BCUT2D eigenvalue weighted by atomic mass is 10.1. The normalized spacial score (nSPS) is 13.6. The predicted molar refractivity (Wildman–Crippen MR) is 137 cm³/mol. The second kappa shape index (κ2) is 10.3. The summed E-state index contributed by atoms with van der Waals surface area (Å²) in [5.41, 5.74) is 3.20. The number of amides is 1. The second-order valence-corrected chi connectivity index (χ2v) is 10.4. The summed E-state index contributed by atoms with van der Waals surface area (Å²) in [5, 5.41) is 0. The maximum absolute atomic E-state index is 13.4. The number of carbonyl (C=O) groups excluding carboxylic acids is 1. The van der Waals surface area contributed by atoms with Crippen molar-refractivity contribution >= 4 is 27.3 Å². The molecule has 6 nitrogen and oxygen atoms in total. The fourth-order valence-electron chi connectivity index (χ4n) is 4.46. The van der Waals surface area contributed by atoms with Crippen molar-refractivity contribution < 1.29 is 13.2 Å². The Morgan fingerprint density at radius 2 is 1.59 bits per heavy atom. The van der Waals surface area contributed by atoms with Crippen LogP contribution in [0.1, 0.15) is 35.7 Å². The van der Waals surface area contributed by atoms with Crippen LogP contribution in [0.15, 0.2) is 83.8 Å². The Bertz CT molecular complexity index is 1240. The van der Waals surface area contributed by atoms with Crippen LogP contribution in [0.25, 0.3) is 0 Å².